The van der Waals surface area contributed by atoms with Crippen molar-refractivity contribution in [3.63, 3.8) is 0 Å². The Morgan fingerprint density at radius 3 is 1.61 bits per heavy atom. The number of rotatable bonds is 4. The van der Waals surface area contributed by atoms with E-state index in [9.17, 15) is 0 Å². The normalized spacial score (nSPS) is 11.5. The third kappa shape index (κ3) is 4.43. The Bertz CT molecular complexity index is 2560. The van der Waals surface area contributed by atoms with E-state index >= 15 is 0 Å². The summed E-state index contributed by atoms with van der Waals surface area (Å²) in [7, 11) is 0. The molecule has 1 aromatic heterocycles. The molecule has 0 radical (unpaired) electrons. The van der Waals surface area contributed by atoms with E-state index in [1.165, 1.54) is 54.9 Å². The fourth-order valence-corrected chi connectivity index (χ4v) is 6.80. The minimum Gasteiger partial charge on any atom is -0.252 e. The molecule has 0 saturated carbocycles. The zero-order chi connectivity index (χ0) is 30.5. The van der Waals surface area contributed by atoms with Gasteiger partial charge in [0.2, 0.25) is 0 Å². The van der Waals surface area contributed by atoms with Gasteiger partial charge in [-0.1, -0.05) is 146 Å². The van der Waals surface area contributed by atoms with Gasteiger partial charge in [-0.05, 0) is 73.1 Å². The van der Waals surface area contributed by atoms with E-state index in [1.807, 2.05) is 6.20 Å². The van der Waals surface area contributed by atoms with Crippen LogP contribution in [-0.2, 0) is 0 Å². The molecule has 0 aliphatic carbocycles. The molecule has 1 heterocycles. The molecule has 214 valence electrons. The van der Waals surface area contributed by atoms with Crippen LogP contribution in [0.1, 0.15) is 0 Å². The first kappa shape index (κ1) is 26.3. The monoisotopic (exact) mass is 584 g/mol. The molecular formula is C44H28N2. The summed E-state index contributed by atoms with van der Waals surface area (Å²) in [6, 6.07) is 58.3. The van der Waals surface area contributed by atoms with Gasteiger partial charge in [0, 0.05) is 16.3 Å². The zero-order valence-electron chi connectivity index (χ0n) is 25.1. The maximum atomic E-state index is 5.34. The van der Waals surface area contributed by atoms with Crippen molar-refractivity contribution in [2.75, 3.05) is 0 Å². The first-order valence-electron chi connectivity index (χ1n) is 15.7. The number of aromatic nitrogens is 2. The van der Waals surface area contributed by atoms with Crippen molar-refractivity contribution in [2.24, 2.45) is 0 Å². The van der Waals surface area contributed by atoms with Crippen LogP contribution in [0.3, 0.4) is 0 Å². The number of hydrogen-bond donors (Lipinski definition) is 0. The standard InChI is InChI=1S/C44H28N2/c1-3-11-29(12-4-1)32-21-23-38-40(26-32)41-27-33(30-13-5-2-6-14-30)22-24-39(41)44-43(38)45-28-42(46-44)35-18-9-17-34(25-35)37-20-10-16-31-15-7-8-19-36(31)37/h1-28H. The van der Waals surface area contributed by atoms with Gasteiger partial charge >= 0.3 is 0 Å². The second kappa shape index (κ2) is 10.8. The lowest BCUT2D eigenvalue weighted by molar-refractivity contribution is 1.31. The summed E-state index contributed by atoms with van der Waals surface area (Å²) < 4.78 is 0. The van der Waals surface area contributed by atoms with Crippen LogP contribution in [0, 0.1) is 0 Å². The molecular weight excluding hydrogens is 556 g/mol. The molecule has 2 nitrogen and oxygen atoms in total. The fraction of sp³-hybridized carbons (Fsp3) is 0. The van der Waals surface area contributed by atoms with Crippen LogP contribution in [0.4, 0.5) is 0 Å². The first-order valence-corrected chi connectivity index (χ1v) is 15.7. The molecule has 8 aromatic carbocycles. The quantitative estimate of drug-likeness (QED) is 0.192. The van der Waals surface area contributed by atoms with Gasteiger partial charge in [0.1, 0.15) is 0 Å². The number of nitrogens with zero attached hydrogens (tertiary/aromatic N) is 2. The largest absolute Gasteiger partial charge is 0.252 e. The molecule has 0 atom stereocenters. The van der Waals surface area contributed by atoms with Gasteiger partial charge in [-0.15, -0.1) is 0 Å². The molecule has 46 heavy (non-hydrogen) atoms. The SMILES string of the molecule is c1ccc(-c2ccc3c(c2)c2cc(-c4ccccc4)ccc2c2nc(-c4cccc(-c5cccc6ccccc56)c4)cnc32)cc1. The average Bonchev–Trinajstić information content (AvgIpc) is 3.15. The summed E-state index contributed by atoms with van der Waals surface area (Å²) in [4.78, 5) is 10.5. The topological polar surface area (TPSA) is 25.8 Å². The minimum atomic E-state index is 0.864. The maximum absolute atomic E-state index is 5.34. The van der Waals surface area contributed by atoms with Gasteiger partial charge in [0.05, 0.1) is 22.9 Å². The van der Waals surface area contributed by atoms with Crippen molar-refractivity contribution in [3.8, 4) is 44.6 Å². The van der Waals surface area contributed by atoms with Crippen LogP contribution in [0.15, 0.2) is 170 Å². The van der Waals surface area contributed by atoms with Crippen molar-refractivity contribution >= 4 is 43.4 Å². The second-order valence-corrected chi connectivity index (χ2v) is 11.8. The van der Waals surface area contributed by atoms with Crippen LogP contribution in [-0.4, -0.2) is 9.97 Å². The van der Waals surface area contributed by atoms with Crippen LogP contribution < -0.4 is 0 Å². The summed E-state index contributed by atoms with van der Waals surface area (Å²) in [5.74, 6) is 0. The van der Waals surface area contributed by atoms with E-state index in [0.29, 0.717) is 0 Å². The van der Waals surface area contributed by atoms with Gasteiger partial charge in [0.25, 0.3) is 0 Å². The van der Waals surface area contributed by atoms with Crippen LogP contribution in [0.25, 0.3) is 88.0 Å². The second-order valence-electron chi connectivity index (χ2n) is 11.8. The van der Waals surface area contributed by atoms with Crippen molar-refractivity contribution in [1.29, 1.82) is 0 Å². The predicted octanol–water partition coefficient (Wildman–Crippen LogP) is 11.8. The lowest BCUT2D eigenvalue weighted by Crippen LogP contribution is -1.93. The Hall–Kier alpha value is -6.12. The molecule has 2 heteroatoms. The first-order chi connectivity index (χ1) is 22.8. The van der Waals surface area contributed by atoms with Crippen molar-refractivity contribution < 1.29 is 0 Å². The fourth-order valence-electron chi connectivity index (χ4n) is 6.80. The lowest BCUT2D eigenvalue weighted by atomic mass is 9.93. The van der Waals surface area contributed by atoms with E-state index in [4.69, 9.17) is 9.97 Å². The summed E-state index contributed by atoms with van der Waals surface area (Å²) in [6.07, 6.45) is 1.93. The summed E-state index contributed by atoms with van der Waals surface area (Å²) >= 11 is 0. The zero-order valence-corrected chi connectivity index (χ0v) is 25.1. The molecule has 0 fully saturated rings. The number of fused-ring (bicyclic) bond motifs is 7. The smallest absolute Gasteiger partial charge is 0.0979 e. The van der Waals surface area contributed by atoms with E-state index in [2.05, 4.69) is 164 Å². The Morgan fingerprint density at radius 2 is 0.891 bits per heavy atom. The highest BCUT2D eigenvalue weighted by molar-refractivity contribution is 6.24. The molecule has 0 unspecified atom stereocenters. The number of benzene rings is 8. The molecule has 0 aliphatic heterocycles. The van der Waals surface area contributed by atoms with Crippen LogP contribution in [0.5, 0.6) is 0 Å². The summed E-state index contributed by atoms with van der Waals surface area (Å²) in [6.45, 7) is 0. The molecule has 0 spiro atoms. The number of hydrogen-bond acceptors (Lipinski definition) is 2. The molecule has 9 aromatic rings. The van der Waals surface area contributed by atoms with Gasteiger partial charge in [-0.25, -0.2) is 4.98 Å². The minimum absolute atomic E-state index is 0.864. The van der Waals surface area contributed by atoms with Crippen LogP contribution in [0.2, 0.25) is 0 Å². The highest BCUT2D eigenvalue weighted by Crippen LogP contribution is 2.39. The van der Waals surface area contributed by atoms with Crippen molar-refractivity contribution in [1.82, 2.24) is 9.97 Å². The summed E-state index contributed by atoms with van der Waals surface area (Å²) in [5.41, 5.74) is 10.9. The van der Waals surface area contributed by atoms with E-state index < -0.39 is 0 Å². The Kier molecular flexibility index (Phi) is 6.17. The van der Waals surface area contributed by atoms with Gasteiger partial charge in [-0.3, -0.25) is 4.98 Å². The van der Waals surface area contributed by atoms with Crippen molar-refractivity contribution in [2.45, 2.75) is 0 Å². The average molecular weight is 585 g/mol. The van der Waals surface area contributed by atoms with Crippen molar-refractivity contribution in [3.05, 3.63) is 170 Å². The molecule has 0 N–H and O–H groups in total. The Morgan fingerprint density at radius 1 is 0.326 bits per heavy atom. The lowest BCUT2D eigenvalue weighted by Gasteiger charge is -2.14. The van der Waals surface area contributed by atoms with E-state index in [0.717, 1.165) is 33.1 Å². The third-order valence-corrected chi connectivity index (χ3v) is 9.09. The predicted molar refractivity (Wildman–Crippen MR) is 194 cm³/mol. The van der Waals surface area contributed by atoms with E-state index in [1.54, 1.807) is 0 Å². The highest BCUT2D eigenvalue weighted by atomic mass is 14.8. The van der Waals surface area contributed by atoms with Gasteiger partial charge in [-0.2, -0.15) is 0 Å². The summed E-state index contributed by atoms with van der Waals surface area (Å²) in [5, 5.41) is 7.05. The third-order valence-electron chi connectivity index (χ3n) is 9.09. The van der Waals surface area contributed by atoms with Gasteiger partial charge in [0.15, 0.2) is 0 Å². The van der Waals surface area contributed by atoms with Crippen LogP contribution >= 0.6 is 0 Å². The van der Waals surface area contributed by atoms with E-state index in [-0.39, 0.29) is 0 Å². The molecule has 0 amide bonds. The van der Waals surface area contributed by atoms with Gasteiger partial charge < -0.3 is 0 Å². The maximum Gasteiger partial charge on any atom is 0.0979 e. The molecule has 0 aliphatic rings. The highest BCUT2D eigenvalue weighted by Gasteiger charge is 2.15. The Labute approximate surface area is 267 Å². The molecule has 0 saturated heterocycles. The molecule has 0 bridgehead atoms. The molecule has 9 rings (SSSR count). The Balaban J connectivity index is 1.27.